The van der Waals surface area contributed by atoms with Crippen molar-refractivity contribution in [3.8, 4) is 0 Å². The van der Waals surface area contributed by atoms with Crippen LogP contribution in [0.3, 0.4) is 0 Å². The minimum Gasteiger partial charge on any atom is -0.328 e. The zero-order valence-corrected chi connectivity index (χ0v) is 5.69. The monoisotopic (exact) mass is 111 g/mol. The van der Waals surface area contributed by atoms with Crippen LogP contribution >= 0.6 is 0 Å². The molecule has 0 aromatic carbocycles. The van der Waals surface area contributed by atoms with Gasteiger partial charge in [0.15, 0.2) is 0 Å². The summed E-state index contributed by atoms with van der Waals surface area (Å²) in [7, 11) is 0. The Balaban J connectivity index is 2.13. The number of hydrogen-bond acceptors (Lipinski definition) is 0. The molecule has 1 fully saturated rings. The van der Waals surface area contributed by atoms with Crippen LogP contribution in [0.15, 0.2) is 0 Å². The first-order valence-electron chi connectivity index (χ1n) is 3.75. The highest BCUT2D eigenvalue weighted by Crippen LogP contribution is 2.24. The first-order chi connectivity index (χ1) is 3.93. The highest BCUT2D eigenvalue weighted by atomic mass is 14.2. The fourth-order valence-corrected chi connectivity index (χ4v) is 1.40. The van der Waals surface area contributed by atoms with Crippen LogP contribution in [0.4, 0.5) is 0 Å². The molecule has 0 radical (unpaired) electrons. The van der Waals surface area contributed by atoms with Crippen LogP contribution in [0.2, 0.25) is 0 Å². The van der Waals surface area contributed by atoms with Crippen LogP contribution in [-0.4, -0.2) is 0 Å². The van der Waals surface area contributed by atoms with Gasteiger partial charge < -0.3 is 6.42 Å². The average molecular weight is 111 g/mol. The molecule has 0 heteroatoms. The van der Waals surface area contributed by atoms with Crippen molar-refractivity contribution in [2.45, 2.75) is 39.0 Å². The summed E-state index contributed by atoms with van der Waals surface area (Å²) in [6, 6.07) is 0. The Kier molecular flexibility index (Phi) is 2.38. The van der Waals surface area contributed by atoms with E-state index in [1.807, 2.05) is 0 Å². The second-order valence-electron chi connectivity index (χ2n) is 2.72. The number of rotatable bonds is 1. The van der Waals surface area contributed by atoms with E-state index < -0.39 is 0 Å². The quantitative estimate of drug-likeness (QED) is 0.456. The second kappa shape index (κ2) is 3.11. The maximum absolute atomic E-state index is 2.42. The summed E-state index contributed by atoms with van der Waals surface area (Å²) < 4.78 is 0. The van der Waals surface area contributed by atoms with E-state index in [4.69, 9.17) is 0 Å². The molecule has 0 nitrogen and oxygen atoms in total. The van der Waals surface area contributed by atoms with Gasteiger partial charge in [0.1, 0.15) is 0 Å². The van der Waals surface area contributed by atoms with Crippen molar-refractivity contribution in [2.75, 3.05) is 0 Å². The molecular formula is C8H15-. The lowest BCUT2D eigenvalue weighted by molar-refractivity contribution is 0.394. The van der Waals surface area contributed by atoms with Crippen molar-refractivity contribution in [2.24, 2.45) is 5.92 Å². The van der Waals surface area contributed by atoms with Gasteiger partial charge in [0.2, 0.25) is 0 Å². The van der Waals surface area contributed by atoms with E-state index in [0.29, 0.717) is 0 Å². The minimum absolute atomic E-state index is 1.06. The first-order valence-corrected chi connectivity index (χ1v) is 3.75. The summed E-state index contributed by atoms with van der Waals surface area (Å²) in [6.07, 6.45) is 9.48. The molecule has 8 heavy (non-hydrogen) atoms. The van der Waals surface area contributed by atoms with Crippen molar-refractivity contribution in [1.29, 1.82) is 0 Å². The zero-order chi connectivity index (χ0) is 5.82. The van der Waals surface area contributed by atoms with Crippen molar-refractivity contribution in [3.05, 3.63) is 6.42 Å². The molecule has 1 aliphatic rings. The lowest BCUT2D eigenvalue weighted by Crippen LogP contribution is -2.04. The average Bonchev–Trinajstić information content (AvgIpc) is 1.90. The van der Waals surface area contributed by atoms with Gasteiger partial charge >= 0.3 is 0 Å². The Bertz CT molecular complexity index is 51.1. The maximum atomic E-state index is 2.42. The van der Waals surface area contributed by atoms with E-state index in [1.54, 1.807) is 0 Å². The first kappa shape index (κ1) is 6.12. The molecule has 0 aromatic heterocycles. The van der Waals surface area contributed by atoms with Crippen LogP contribution in [-0.2, 0) is 0 Å². The predicted molar refractivity (Wildman–Crippen MR) is 36.5 cm³/mol. The van der Waals surface area contributed by atoms with Crippen LogP contribution in [0, 0.1) is 12.3 Å². The molecule has 0 N–H and O–H groups in total. The van der Waals surface area contributed by atoms with Crippen LogP contribution < -0.4 is 0 Å². The van der Waals surface area contributed by atoms with Crippen LogP contribution in [0.5, 0.6) is 0 Å². The summed E-state index contributed by atoms with van der Waals surface area (Å²) in [6.45, 7) is 2.30. The topological polar surface area (TPSA) is 0 Å². The molecule has 1 saturated carbocycles. The molecule has 0 atom stereocenters. The minimum atomic E-state index is 1.06. The van der Waals surface area contributed by atoms with E-state index in [-0.39, 0.29) is 0 Å². The Morgan fingerprint density at radius 3 is 2.38 bits per heavy atom. The SMILES string of the molecule is CCC1CC[CH-]CC1. The molecule has 0 saturated heterocycles. The summed E-state index contributed by atoms with van der Waals surface area (Å²) in [5, 5.41) is 0. The van der Waals surface area contributed by atoms with Crippen molar-refractivity contribution < 1.29 is 0 Å². The van der Waals surface area contributed by atoms with Gasteiger partial charge in [-0.1, -0.05) is 26.2 Å². The normalized spacial score (nSPS) is 23.6. The van der Waals surface area contributed by atoms with E-state index in [1.165, 1.54) is 32.1 Å². The molecule has 0 spiro atoms. The van der Waals surface area contributed by atoms with Crippen molar-refractivity contribution in [1.82, 2.24) is 0 Å². The van der Waals surface area contributed by atoms with Gasteiger partial charge in [-0.15, -0.1) is 0 Å². The van der Waals surface area contributed by atoms with Gasteiger partial charge in [-0.2, -0.15) is 12.8 Å². The third-order valence-electron chi connectivity index (χ3n) is 2.14. The third kappa shape index (κ3) is 1.50. The fraction of sp³-hybridized carbons (Fsp3) is 0.875. The zero-order valence-electron chi connectivity index (χ0n) is 5.69. The Labute approximate surface area is 52.3 Å². The standard InChI is InChI=1S/C8H15/c1-2-8-6-4-3-5-7-8/h3,8H,2,4-7H2,1H3/q-1. The van der Waals surface area contributed by atoms with Gasteiger partial charge in [-0.25, -0.2) is 0 Å². The van der Waals surface area contributed by atoms with E-state index in [0.717, 1.165) is 5.92 Å². The Morgan fingerprint density at radius 1 is 1.38 bits per heavy atom. The molecule has 1 aliphatic carbocycles. The Morgan fingerprint density at radius 2 is 2.00 bits per heavy atom. The molecule has 0 heterocycles. The van der Waals surface area contributed by atoms with Gasteiger partial charge in [0.25, 0.3) is 0 Å². The lowest BCUT2D eigenvalue weighted by Gasteiger charge is -2.26. The summed E-state index contributed by atoms with van der Waals surface area (Å²) in [5.41, 5.74) is 0. The number of hydrogen-bond donors (Lipinski definition) is 0. The Hall–Kier alpha value is 0. The molecule has 1 rings (SSSR count). The van der Waals surface area contributed by atoms with Crippen LogP contribution in [0.25, 0.3) is 0 Å². The lowest BCUT2D eigenvalue weighted by atomic mass is 9.88. The van der Waals surface area contributed by atoms with Gasteiger partial charge in [-0.05, 0) is 5.92 Å². The van der Waals surface area contributed by atoms with Crippen LogP contribution in [0.1, 0.15) is 39.0 Å². The molecule has 48 valence electrons. The summed E-state index contributed by atoms with van der Waals surface area (Å²) in [5.74, 6) is 1.06. The smallest absolute Gasteiger partial charge is 0.0465 e. The second-order valence-corrected chi connectivity index (χ2v) is 2.72. The fourth-order valence-electron chi connectivity index (χ4n) is 1.40. The summed E-state index contributed by atoms with van der Waals surface area (Å²) in [4.78, 5) is 0. The van der Waals surface area contributed by atoms with Gasteiger partial charge in [-0.3, -0.25) is 0 Å². The molecule has 0 aliphatic heterocycles. The molecule has 0 unspecified atom stereocenters. The highest BCUT2D eigenvalue weighted by Gasteiger charge is 2.03. The van der Waals surface area contributed by atoms with E-state index in [9.17, 15) is 0 Å². The maximum Gasteiger partial charge on any atom is -0.0465 e. The third-order valence-corrected chi connectivity index (χ3v) is 2.14. The van der Waals surface area contributed by atoms with Gasteiger partial charge in [0.05, 0.1) is 0 Å². The largest absolute Gasteiger partial charge is 0.328 e. The molecule has 0 amide bonds. The molecular weight excluding hydrogens is 96.1 g/mol. The molecule has 0 bridgehead atoms. The van der Waals surface area contributed by atoms with E-state index >= 15 is 0 Å². The van der Waals surface area contributed by atoms with Crippen molar-refractivity contribution >= 4 is 0 Å². The highest BCUT2D eigenvalue weighted by molar-refractivity contribution is 4.75. The van der Waals surface area contributed by atoms with Crippen molar-refractivity contribution in [3.63, 3.8) is 0 Å². The molecule has 0 aromatic rings. The van der Waals surface area contributed by atoms with E-state index in [2.05, 4.69) is 13.3 Å². The predicted octanol–water partition coefficient (Wildman–Crippen LogP) is 2.79. The summed E-state index contributed by atoms with van der Waals surface area (Å²) >= 11 is 0. The van der Waals surface area contributed by atoms with Gasteiger partial charge in [0, 0.05) is 0 Å².